The van der Waals surface area contributed by atoms with Crippen LogP contribution in [0.2, 0.25) is 0 Å². The van der Waals surface area contributed by atoms with Gasteiger partial charge in [-0.25, -0.2) is 8.42 Å². The number of ether oxygens (including phenoxy) is 1. The van der Waals surface area contributed by atoms with Crippen LogP contribution >= 0.6 is 0 Å². The van der Waals surface area contributed by atoms with Gasteiger partial charge in [0, 0.05) is 24.9 Å². The van der Waals surface area contributed by atoms with Gasteiger partial charge in [0.05, 0.1) is 23.5 Å². The van der Waals surface area contributed by atoms with Crippen molar-refractivity contribution in [2.24, 2.45) is 0 Å². The molecule has 0 amide bonds. The van der Waals surface area contributed by atoms with Crippen molar-refractivity contribution in [3.05, 3.63) is 29.3 Å². The van der Waals surface area contributed by atoms with Crippen molar-refractivity contribution in [2.45, 2.75) is 25.1 Å². The van der Waals surface area contributed by atoms with Gasteiger partial charge >= 0.3 is 0 Å². The molecule has 0 radical (unpaired) electrons. The van der Waals surface area contributed by atoms with E-state index in [2.05, 4.69) is 11.4 Å². The highest BCUT2D eigenvalue weighted by Gasteiger charge is 2.29. The van der Waals surface area contributed by atoms with Crippen molar-refractivity contribution in [1.82, 2.24) is 5.32 Å². The van der Waals surface area contributed by atoms with Crippen molar-refractivity contribution >= 4 is 9.84 Å². The topological polar surface area (TPSA) is 79.2 Å². The largest absolute Gasteiger partial charge is 0.496 e. The quantitative estimate of drug-likeness (QED) is 0.860. The number of methoxy groups -OCH3 is 1. The van der Waals surface area contributed by atoms with Crippen LogP contribution in [0.5, 0.6) is 5.75 Å². The maximum atomic E-state index is 11.6. The SMILES string of the molecule is COc1ccc(C#N)cc1CNCC(C)(C)S(C)(=O)=O. The molecule has 110 valence electrons. The van der Waals surface area contributed by atoms with Gasteiger partial charge in [0.25, 0.3) is 0 Å². The first kappa shape index (κ1) is 16.5. The number of benzene rings is 1. The van der Waals surface area contributed by atoms with E-state index in [0.717, 1.165) is 5.56 Å². The van der Waals surface area contributed by atoms with Gasteiger partial charge in [-0.2, -0.15) is 5.26 Å². The molecule has 20 heavy (non-hydrogen) atoms. The summed E-state index contributed by atoms with van der Waals surface area (Å²) in [5, 5.41) is 12.0. The van der Waals surface area contributed by atoms with Crippen LogP contribution in [0.25, 0.3) is 0 Å². The van der Waals surface area contributed by atoms with E-state index in [1.807, 2.05) is 0 Å². The van der Waals surface area contributed by atoms with E-state index in [0.29, 0.717) is 24.4 Å². The number of nitrogens with one attached hydrogen (secondary N) is 1. The highest BCUT2D eigenvalue weighted by Crippen LogP contribution is 2.20. The molecular formula is C14H20N2O3S. The Morgan fingerprint density at radius 3 is 2.55 bits per heavy atom. The zero-order valence-electron chi connectivity index (χ0n) is 12.2. The smallest absolute Gasteiger partial charge is 0.153 e. The van der Waals surface area contributed by atoms with Crippen LogP contribution < -0.4 is 10.1 Å². The van der Waals surface area contributed by atoms with E-state index in [1.165, 1.54) is 6.26 Å². The highest BCUT2D eigenvalue weighted by molar-refractivity contribution is 7.92. The van der Waals surface area contributed by atoms with Crippen LogP contribution in [0.1, 0.15) is 25.0 Å². The molecule has 0 spiro atoms. The second-order valence-corrected chi connectivity index (χ2v) is 7.92. The molecule has 1 N–H and O–H groups in total. The fourth-order valence-electron chi connectivity index (χ4n) is 1.62. The van der Waals surface area contributed by atoms with Crippen molar-refractivity contribution in [3.63, 3.8) is 0 Å². The summed E-state index contributed by atoms with van der Waals surface area (Å²) in [5.41, 5.74) is 1.38. The Bertz CT molecular complexity index is 616. The van der Waals surface area contributed by atoms with Crippen molar-refractivity contribution < 1.29 is 13.2 Å². The molecule has 0 atom stereocenters. The van der Waals surface area contributed by atoms with Crippen LogP contribution in [0.3, 0.4) is 0 Å². The monoisotopic (exact) mass is 296 g/mol. The lowest BCUT2D eigenvalue weighted by atomic mass is 10.1. The van der Waals surface area contributed by atoms with E-state index in [1.54, 1.807) is 39.2 Å². The first-order chi connectivity index (χ1) is 9.21. The Balaban J connectivity index is 2.78. The molecule has 1 aromatic carbocycles. The van der Waals surface area contributed by atoms with Crippen LogP contribution in [0.15, 0.2) is 18.2 Å². The van der Waals surface area contributed by atoms with Crippen LogP contribution in [-0.2, 0) is 16.4 Å². The molecule has 0 aliphatic rings. The first-order valence-electron chi connectivity index (χ1n) is 6.18. The van der Waals surface area contributed by atoms with Crippen LogP contribution in [0, 0.1) is 11.3 Å². The summed E-state index contributed by atoms with van der Waals surface area (Å²) in [6.07, 6.45) is 1.23. The molecule has 0 heterocycles. The number of nitrogens with zero attached hydrogens (tertiary/aromatic N) is 1. The molecule has 1 rings (SSSR count). The van der Waals surface area contributed by atoms with Gasteiger partial charge in [0.2, 0.25) is 0 Å². The highest BCUT2D eigenvalue weighted by atomic mass is 32.2. The Labute approximate surface area is 120 Å². The predicted molar refractivity (Wildman–Crippen MR) is 78.3 cm³/mol. The predicted octanol–water partition coefficient (Wildman–Crippen LogP) is 1.48. The summed E-state index contributed by atoms with van der Waals surface area (Å²) in [6.45, 7) is 4.12. The molecule has 0 aliphatic heterocycles. The maximum absolute atomic E-state index is 11.6. The molecule has 6 heteroatoms. The van der Waals surface area contributed by atoms with Crippen LogP contribution in [0.4, 0.5) is 0 Å². The second kappa shape index (κ2) is 6.25. The lowest BCUT2D eigenvalue weighted by Crippen LogP contribution is -2.41. The molecule has 5 nitrogen and oxygen atoms in total. The maximum Gasteiger partial charge on any atom is 0.153 e. The molecule has 0 aliphatic carbocycles. The van der Waals surface area contributed by atoms with Gasteiger partial charge in [-0.1, -0.05) is 0 Å². The zero-order valence-corrected chi connectivity index (χ0v) is 13.0. The molecule has 0 saturated heterocycles. The second-order valence-electron chi connectivity index (χ2n) is 5.27. The zero-order chi connectivity index (χ0) is 15.4. The lowest BCUT2D eigenvalue weighted by molar-refractivity contribution is 0.407. The molecular weight excluding hydrogens is 276 g/mol. The third-order valence-electron chi connectivity index (χ3n) is 3.28. The molecule has 0 aromatic heterocycles. The fourth-order valence-corrected chi connectivity index (χ4v) is 1.98. The number of hydrogen-bond acceptors (Lipinski definition) is 5. The molecule has 0 fully saturated rings. The molecule has 0 saturated carbocycles. The minimum atomic E-state index is -3.13. The third kappa shape index (κ3) is 3.95. The number of rotatable bonds is 6. The average molecular weight is 296 g/mol. The fraction of sp³-hybridized carbons (Fsp3) is 0.500. The average Bonchev–Trinajstić information content (AvgIpc) is 2.37. The van der Waals surface area contributed by atoms with E-state index in [4.69, 9.17) is 10.00 Å². The standard InChI is InChI=1S/C14H20N2O3S/c1-14(2,20(4,17)18)10-16-9-12-7-11(8-15)5-6-13(12)19-3/h5-7,16H,9-10H2,1-4H3. The summed E-state index contributed by atoms with van der Waals surface area (Å²) < 4.78 is 27.6. The molecule has 1 aromatic rings. The molecule has 0 bridgehead atoms. The van der Waals surface area contributed by atoms with Gasteiger partial charge in [-0.05, 0) is 32.0 Å². The van der Waals surface area contributed by atoms with E-state index < -0.39 is 14.6 Å². The summed E-state index contributed by atoms with van der Waals surface area (Å²) >= 11 is 0. The van der Waals surface area contributed by atoms with Crippen molar-refractivity contribution in [2.75, 3.05) is 19.9 Å². The summed E-state index contributed by atoms with van der Waals surface area (Å²) in [4.78, 5) is 0. The number of sulfone groups is 1. The Morgan fingerprint density at radius 2 is 2.05 bits per heavy atom. The van der Waals surface area contributed by atoms with Gasteiger partial charge in [0.15, 0.2) is 9.84 Å². The van der Waals surface area contributed by atoms with Gasteiger partial charge in [-0.15, -0.1) is 0 Å². The lowest BCUT2D eigenvalue weighted by Gasteiger charge is -2.23. The van der Waals surface area contributed by atoms with Crippen molar-refractivity contribution in [1.29, 1.82) is 5.26 Å². The normalized spacial score (nSPS) is 11.9. The van der Waals surface area contributed by atoms with E-state index in [-0.39, 0.29) is 0 Å². The minimum Gasteiger partial charge on any atom is -0.496 e. The third-order valence-corrected chi connectivity index (χ3v) is 5.43. The van der Waals surface area contributed by atoms with Gasteiger partial charge < -0.3 is 10.1 Å². The van der Waals surface area contributed by atoms with E-state index in [9.17, 15) is 8.42 Å². The van der Waals surface area contributed by atoms with Crippen molar-refractivity contribution in [3.8, 4) is 11.8 Å². The Kier molecular flexibility index (Phi) is 5.15. The first-order valence-corrected chi connectivity index (χ1v) is 8.08. The van der Waals surface area contributed by atoms with Crippen LogP contribution in [-0.4, -0.2) is 33.1 Å². The van der Waals surface area contributed by atoms with Gasteiger partial charge in [-0.3, -0.25) is 0 Å². The summed E-state index contributed by atoms with van der Waals surface area (Å²) in [7, 11) is -1.57. The summed E-state index contributed by atoms with van der Waals surface area (Å²) in [6, 6.07) is 7.22. The number of hydrogen-bond donors (Lipinski definition) is 1. The van der Waals surface area contributed by atoms with E-state index >= 15 is 0 Å². The number of nitriles is 1. The Morgan fingerprint density at radius 1 is 1.40 bits per heavy atom. The Hall–Kier alpha value is -1.58. The molecule has 0 unspecified atom stereocenters. The summed E-state index contributed by atoms with van der Waals surface area (Å²) in [5.74, 6) is 0.675. The van der Waals surface area contributed by atoms with Gasteiger partial charge in [0.1, 0.15) is 5.75 Å². The minimum absolute atomic E-state index is 0.325.